The first kappa shape index (κ1) is 9.40. The van der Waals surface area contributed by atoms with Crippen LogP contribution in [0.3, 0.4) is 0 Å². The molecule has 74 valence electrons. The second kappa shape index (κ2) is 3.53. The first-order valence-corrected chi connectivity index (χ1v) is 5.53. The Hall–Kier alpha value is -1.16. The molecule has 1 heterocycles. The minimum absolute atomic E-state index is 0.163. The van der Waals surface area contributed by atoms with Crippen LogP contribution in [0.2, 0.25) is 0 Å². The van der Waals surface area contributed by atoms with E-state index in [4.69, 9.17) is 5.73 Å². The molecule has 2 N–H and O–H groups in total. The van der Waals surface area contributed by atoms with Crippen LogP contribution in [0.1, 0.15) is 6.92 Å². The molecule has 0 spiro atoms. The number of amides is 1. The molecular formula is C10H12N2OS. The molecule has 1 aromatic carbocycles. The van der Waals surface area contributed by atoms with E-state index in [0.29, 0.717) is 18.0 Å². The van der Waals surface area contributed by atoms with Crippen molar-refractivity contribution in [3.63, 3.8) is 0 Å². The van der Waals surface area contributed by atoms with Crippen LogP contribution < -0.4 is 10.6 Å². The van der Waals surface area contributed by atoms with E-state index in [0.717, 1.165) is 10.6 Å². The summed E-state index contributed by atoms with van der Waals surface area (Å²) in [7, 11) is 0. The van der Waals surface area contributed by atoms with E-state index < -0.39 is 0 Å². The van der Waals surface area contributed by atoms with Gasteiger partial charge in [-0.2, -0.15) is 0 Å². The van der Waals surface area contributed by atoms with Gasteiger partial charge in [0.15, 0.2) is 0 Å². The SMILES string of the molecule is CCN1C(=O)CSc2ccc(N)cc21. The summed E-state index contributed by atoms with van der Waals surface area (Å²) >= 11 is 1.58. The maximum absolute atomic E-state index is 11.6. The van der Waals surface area contributed by atoms with E-state index in [1.165, 1.54) is 0 Å². The Morgan fingerprint density at radius 3 is 3.07 bits per heavy atom. The van der Waals surface area contributed by atoms with Crippen molar-refractivity contribution in [3.8, 4) is 0 Å². The Labute approximate surface area is 87.3 Å². The fraction of sp³-hybridized carbons (Fsp3) is 0.300. The number of hydrogen-bond donors (Lipinski definition) is 1. The number of carbonyl (C=O) groups excluding carboxylic acids is 1. The minimum Gasteiger partial charge on any atom is -0.399 e. The lowest BCUT2D eigenvalue weighted by Crippen LogP contribution is -2.35. The zero-order valence-corrected chi connectivity index (χ0v) is 8.80. The molecular weight excluding hydrogens is 196 g/mol. The number of nitrogens with two attached hydrogens (primary N) is 1. The molecule has 0 bridgehead atoms. The average Bonchev–Trinajstić information content (AvgIpc) is 2.17. The Morgan fingerprint density at radius 2 is 2.36 bits per heavy atom. The fourth-order valence-electron chi connectivity index (χ4n) is 1.57. The highest BCUT2D eigenvalue weighted by atomic mass is 32.2. The van der Waals surface area contributed by atoms with E-state index in [1.54, 1.807) is 16.7 Å². The summed E-state index contributed by atoms with van der Waals surface area (Å²) in [5, 5.41) is 0. The standard InChI is InChI=1S/C10H12N2OS/c1-2-12-8-5-7(11)3-4-9(8)14-6-10(12)13/h3-5H,2,6,11H2,1H3. The largest absolute Gasteiger partial charge is 0.399 e. The van der Waals surface area contributed by atoms with Crippen LogP contribution in [-0.2, 0) is 4.79 Å². The zero-order chi connectivity index (χ0) is 10.1. The van der Waals surface area contributed by atoms with Gasteiger partial charge >= 0.3 is 0 Å². The number of benzene rings is 1. The summed E-state index contributed by atoms with van der Waals surface area (Å²) in [4.78, 5) is 14.5. The van der Waals surface area contributed by atoms with Crippen LogP contribution in [0, 0.1) is 0 Å². The predicted octanol–water partition coefficient (Wildman–Crippen LogP) is 1.73. The highest BCUT2D eigenvalue weighted by Crippen LogP contribution is 2.36. The minimum atomic E-state index is 0.163. The number of carbonyl (C=O) groups is 1. The van der Waals surface area contributed by atoms with Gasteiger partial charge in [0.1, 0.15) is 0 Å². The van der Waals surface area contributed by atoms with Crippen LogP contribution in [0.4, 0.5) is 11.4 Å². The molecule has 1 aliphatic rings. The van der Waals surface area contributed by atoms with Gasteiger partial charge in [-0.3, -0.25) is 4.79 Å². The van der Waals surface area contributed by atoms with Gasteiger partial charge in [0.2, 0.25) is 5.91 Å². The van der Waals surface area contributed by atoms with Crippen molar-refractivity contribution in [2.75, 3.05) is 22.9 Å². The quantitative estimate of drug-likeness (QED) is 0.715. The Kier molecular flexibility index (Phi) is 2.37. The van der Waals surface area contributed by atoms with Crippen molar-refractivity contribution in [1.82, 2.24) is 0 Å². The number of fused-ring (bicyclic) bond motifs is 1. The van der Waals surface area contributed by atoms with Gasteiger partial charge in [0, 0.05) is 17.1 Å². The molecule has 0 unspecified atom stereocenters. The average molecular weight is 208 g/mol. The summed E-state index contributed by atoms with van der Waals surface area (Å²) in [6, 6.07) is 5.71. The van der Waals surface area contributed by atoms with Crippen LogP contribution >= 0.6 is 11.8 Å². The number of hydrogen-bond acceptors (Lipinski definition) is 3. The van der Waals surface area contributed by atoms with E-state index in [2.05, 4.69) is 0 Å². The second-order valence-electron chi connectivity index (χ2n) is 3.15. The first-order valence-electron chi connectivity index (χ1n) is 4.55. The highest BCUT2D eigenvalue weighted by Gasteiger charge is 2.22. The Bertz CT molecular complexity index is 378. The molecule has 0 fully saturated rings. The summed E-state index contributed by atoms with van der Waals surface area (Å²) in [5.74, 6) is 0.695. The second-order valence-corrected chi connectivity index (χ2v) is 4.17. The monoisotopic (exact) mass is 208 g/mol. The predicted molar refractivity (Wildman–Crippen MR) is 59.6 cm³/mol. The maximum Gasteiger partial charge on any atom is 0.237 e. The van der Waals surface area contributed by atoms with E-state index in [9.17, 15) is 4.79 Å². The number of nitrogens with zero attached hydrogens (tertiary/aromatic N) is 1. The Morgan fingerprint density at radius 1 is 1.57 bits per heavy atom. The van der Waals surface area contributed by atoms with Crippen LogP contribution in [-0.4, -0.2) is 18.2 Å². The van der Waals surface area contributed by atoms with E-state index >= 15 is 0 Å². The number of rotatable bonds is 1. The van der Waals surface area contributed by atoms with Gasteiger partial charge < -0.3 is 10.6 Å². The zero-order valence-electron chi connectivity index (χ0n) is 7.99. The van der Waals surface area contributed by atoms with Gasteiger partial charge in [-0.05, 0) is 25.1 Å². The van der Waals surface area contributed by atoms with Gasteiger partial charge in [0.05, 0.1) is 11.4 Å². The molecule has 4 heteroatoms. The summed E-state index contributed by atoms with van der Waals surface area (Å²) in [5.41, 5.74) is 7.36. The van der Waals surface area contributed by atoms with Crippen molar-refractivity contribution < 1.29 is 4.79 Å². The number of thioether (sulfide) groups is 1. The van der Waals surface area contributed by atoms with Crippen molar-refractivity contribution in [2.45, 2.75) is 11.8 Å². The molecule has 0 aliphatic carbocycles. The van der Waals surface area contributed by atoms with Crippen molar-refractivity contribution in [1.29, 1.82) is 0 Å². The summed E-state index contributed by atoms with van der Waals surface area (Å²) in [6.45, 7) is 2.68. The lowest BCUT2D eigenvalue weighted by molar-refractivity contribution is -0.116. The third-order valence-electron chi connectivity index (χ3n) is 2.24. The van der Waals surface area contributed by atoms with E-state index in [-0.39, 0.29) is 5.91 Å². The van der Waals surface area contributed by atoms with Crippen molar-refractivity contribution in [2.24, 2.45) is 0 Å². The molecule has 1 amide bonds. The molecule has 0 saturated carbocycles. The third kappa shape index (κ3) is 1.46. The fourth-order valence-corrected chi connectivity index (χ4v) is 2.48. The van der Waals surface area contributed by atoms with Crippen molar-refractivity contribution in [3.05, 3.63) is 18.2 Å². The lowest BCUT2D eigenvalue weighted by atomic mass is 10.2. The van der Waals surface area contributed by atoms with Crippen LogP contribution in [0.25, 0.3) is 0 Å². The van der Waals surface area contributed by atoms with Gasteiger partial charge in [-0.15, -0.1) is 11.8 Å². The molecule has 0 atom stereocenters. The summed E-state index contributed by atoms with van der Waals surface area (Å²) in [6.07, 6.45) is 0. The smallest absolute Gasteiger partial charge is 0.237 e. The molecule has 0 saturated heterocycles. The number of nitrogen functional groups attached to an aromatic ring is 1. The first-order chi connectivity index (χ1) is 6.72. The molecule has 0 aromatic heterocycles. The molecule has 3 nitrogen and oxygen atoms in total. The van der Waals surface area contributed by atoms with Crippen LogP contribution in [0.5, 0.6) is 0 Å². The molecule has 1 aromatic rings. The van der Waals surface area contributed by atoms with Gasteiger partial charge in [0.25, 0.3) is 0 Å². The topological polar surface area (TPSA) is 46.3 Å². The number of anilines is 2. The molecule has 0 radical (unpaired) electrons. The Balaban J connectivity index is 2.49. The normalized spacial score (nSPS) is 15.5. The van der Waals surface area contributed by atoms with E-state index in [1.807, 2.05) is 25.1 Å². The molecule has 2 rings (SSSR count). The summed E-state index contributed by atoms with van der Waals surface area (Å²) < 4.78 is 0. The molecule has 1 aliphatic heterocycles. The lowest BCUT2D eigenvalue weighted by Gasteiger charge is -2.27. The molecule has 14 heavy (non-hydrogen) atoms. The van der Waals surface area contributed by atoms with Crippen molar-refractivity contribution >= 4 is 29.0 Å². The van der Waals surface area contributed by atoms with Gasteiger partial charge in [-0.1, -0.05) is 0 Å². The maximum atomic E-state index is 11.6. The van der Waals surface area contributed by atoms with Crippen LogP contribution in [0.15, 0.2) is 23.1 Å². The van der Waals surface area contributed by atoms with Gasteiger partial charge in [-0.25, -0.2) is 0 Å². The third-order valence-corrected chi connectivity index (χ3v) is 3.29. The highest BCUT2D eigenvalue weighted by molar-refractivity contribution is 8.00.